The average molecular weight is 598 g/mol. The van der Waals surface area contributed by atoms with Crippen LogP contribution in [0, 0.1) is 17.6 Å². The van der Waals surface area contributed by atoms with E-state index in [0.717, 1.165) is 16.8 Å². The number of para-hydroxylation sites is 1. The second-order valence-electron chi connectivity index (χ2n) is 9.85. The van der Waals surface area contributed by atoms with Gasteiger partial charge in [-0.1, -0.05) is 12.1 Å². The number of nitrogens with zero attached hydrogens (tertiary/aromatic N) is 4. The Labute approximate surface area is 232 Å². The lowest BCUT2D eigenvalue weighted by molar-refractivity contribution is 0.0853. The Morgan fingerprint density at radius 3 is 2.37 bits per heavy atom. The number of aromatic nitrogens is 2. The molecule has 1 atom stereocenters. The van der Waals surface area contributed by atoms with E-state index in [9.17, 15) is 30.8 Å². The first-order chi connectivity index (χ1) is 19.4. The smallest absolute Gasteiger partial charge is 0.316 e. The standard InChI is InChI=1S/C26H27F4N5O5S/c1-39-22-4-2-3-16(23(22)31)15-41(37,38)34-7-5-33(6-8-34)21-13-32-35(20-10-18(27)9-19(28)11-20)25(36)24(21)40-14-17-12-26(17,29)30/h2-4,9-11,13,17H,5-8,12,14-15,31H2,1H3. The summed E-state index contributed by atoms with van der Waals surface area (Å²) in [5.41, 5.74) is 5.70. The maximum atomic E-state index is 13.8. The SMILES string of the molecule is COc1cccc(CS(=O)(=O)N2CCN(c3cnn(-c4cc(F)cc(F)c4)c(=O)c3OCC3CC3(F)F)CC2)c1N. The number of rotatable bonds is 9. The van der Waals surface area contributed by atoms with E-state index < -0.39 is 45.7 Å². The van der Waals surface area contributed by atoms with Crippen LogP contribution in [0.5, 0.6) is 11.5 Å². The van der Waals surface area contributed by atoms with Crippen molar-refractivity contribution in [1.29, 1.82) is 0 Å². The van der Waals surface area contributed by atoms with Gasteiger partial charge in [-0.3, -0.25) is 4.79 Å². The number of hydrogen-bond acceptors (Lipinski definition) is 8. The van der Waals surface area contributed by atoms with Crippen molar-refractivity contribution in [2.24, 2.45) is 5.92 Å². The molecule has 1 saturated heterocycles. The first-order valence-corrected chi connectivity index (χ1v) is 14.2. The molecule has 1 saturated carbocycles. The van der Waals surface area contributed by atoms with Crippen molar-refractivity contribution in [1.82, 2.24) is 14.1 Å². The molecule has 2 aliphatic rings. The minimum atomic E-state index is -3.78. The molecule has 2 N–H and O–H groups in total. The molecule has 0 spiro atoms. The van der Waals surface area contributed by atoms with Crippen LogP contribution in [0.1, 0.15) is 12.0 Å². The molecule has 0 amide bonds. The van der Waals surface area contributed by atoms with Crippen molar-refractivity contribution in [2.75, 3.05) is 50.5 Å². The van der Waals surface area contributed by atoms with Crippen LogP contribution < -0.4 is 25.7 Å². The van der Waals surface area contributed by atoms with Crippen molar-refractivity contribution in [3.8, 4) is 17.2 Å². The Morgan fingerprint density at radius 2 is 1.76 bits per heavy atom. The predicted octanol–water partition coefficient (Wildman–Crippen LogP) is 2.79. The molecule has 2 heterocycles. The lowest BCUT2D eigenvalue weighted by Gasteiger charge is -2.35. The summed E-state index contributed by atoms with van der Waals surface area (Å²) in [4.78, 5) is 15.0. The molecule has 1 aliphatic carbocycles. The van der Waals surface area contributed by atoms with Gasteiger partial charge in [0.15, 0.2) is 0 Å². The van der Waals surface area contributed by atoms with Crippen LogP contribution in [-0.4, -0.2) is 68.3 Å². The zero-order chi connectivity index (χ0) is 29.5. The largest absolute Gasteiger partial charge is 0.495 e. The Balaban J connectivity index is 1.38. The highest BCUT2D eigenvalue weighted by Crippen LogP contribution is 2.48. The fraction of sp³-hybridized carbons (Fsp3) is 0.385. The topological polar surface area (TPSA) is 120 Å². The number of nitrogens with two attached hydrogens (primary N) is 1. The monoisotopic (exact) mass is 597 g/mol. The highest BCUT2D eigenvalue weighted by atomic mass is 32.2. The third-order valence-electron chi connectivity index (χ3n) is 7.08. The van der Waals surface area contributed by atoms with E-state index in [1.54, 1.807) is 23.1 Å². The van der Waals surface area contributed by atoms with Crippen molar-refractivity contribution < 1.29 is 35.5 Å². The molecule has 15 heteroatoms. The molecular weight excluding hydrogens is 570 g/mol. The third kappa shape index (κ3) is 5.95. The number of piperazine rings is 1. The van der Waals surface area contributed by atoms with Gasteiger partial charge in [-0.2, -0.15) is 14.1 Å². The van der Waals surface area contributed by atoms with Gasteiger partial charge in [0.1, 0.15) is 23.1 Å². The lowest BCUT2D eigenvalue weighted by Crippen LogP contribution is -2.49. The van der Waals surface area contributed by atoms with Gasteiger partial charge in [-0.15, -0.1) is 0 Å². The molecular formula is C26H27F4N5O5S. The maximum absolute atomic E-state index is 13.8. The predicted molar refractivity (Wildman–Crippen MR) is 142 cm³/mol. The molecule has 0 bridgehead atoms. The normalized spacial score (nSPS) is 18.8. The minimum absolute atomic E-state index is 0.0462. The van der Waals surface area contributed by atoms with Crippen molar-refractivity contribution in [3.05, 3.63) is 70.1 Å². The first-order valence-electron chi connectivity index (χ1n) is 12.6. The number of benzene rings is 2. The van der Waals surface area contributed by atoms with E-state index in [1.807, 2.05) is 0 Å². The molecule has 1 aromatic heterocycles. The Bertz CT molecular complexity index is 1610. The zero-order valence-electron chi connectivity index (χ0n) is 21.9. The van der Waals surface area contributed by atoms with E-state index in [4.69, 9.17) is 15.2 Å². The van der Waals surface area contributed by atoms with Gasteiger partial charge < -0.3 is 20.1 Å². The van der Waals surface area contributed by atoms with Crippen LogP contribution in [0.25, 0.3) is 5.69 Å². The quantitative estimate of drug-likeness (QED) is 0.296. The summed E-state index contributed by atoms with van der Waals surface area (Å²) in [7, 11) is -2.35. The third-order valence-corrected chi connectivity index (χ3v) is 8.91. The van der Waals surface area contributed by atoms with Gasteiger partial charge in [0, 0.05) is 38.7 Å². The van der Waals surface area contributed by atoms with Crippen LogP contribution in [0.4, 0.5) is 28.9 Å². The highest BCUT2D eigenvalue weighted by Gasteiger charge is 2.57. The van der Waals surface area contributed by atoms with E-state index >= 15 is 0 Å². The number of ether oxygens (including phenoxy) is 2. The van der Waals surface area contributed by atoms with Crippen molar-refractivity contribution in [3.63, 3.8) is 0 Å². The van der Waals surface area contributed by atoms with Gasteiger partial charge in [-0.25, -0.2) is 26.0 Å². The molecule has 10 nitrogen and oxygen atoms in total. The summed E-state index contributed by atoms with van der Waals surface area (Å²) >= 11 is 0. The van der Waals surface area contributed by atoms with E-state index in [1.165, 1.54) is 17.6 Å². The number of nitrogen functional groups attached to an aromatic ring is 1. The Hall–Kier alpha value is -3.85. The molecule has 1 aliphatic heterocycles. The van der Waals surface area contributed by atoms with E-state index in [2.05, 4.69) is 5.10 Å². The van der Waals surface area contributed by atoms with Gasteiger partial charge in [0.05, 0.1) is 43.0 Å². The number of methoxy groups -OCH3 is 1. The summed E-state index contributed by atoms with van der Waals surface area (Å²) in [6.45, 7) is -0.104. The van der Waals surface area contributed by atoms with E-state index in [-0.39, 0.29) is 61.2 Å². The fourth-order valence-corrected chi connectivity index (χ4v) is 6.21. The van der Waals surface area contributed by atoms with Gasteiger partial charge in [0.25, 0.3) is 5.92 Å². The summed E-state index contributed by atoms with van der Waals surface area (Å²) < 4.78 is 93.7. The second-order valence-corrected chi connectivity index (χ2v) is 11.8. The second kappa shape index (κ2) is 10.9. The van der Waals surface area contributed by atoms with Crippen LogP contribution in [0.2, 0.25) is 0 Å². The summed E-state index contributed by atoms with van der Waals surface area (Å²) in [5, 5.41) is 4.03. The average Bonchev–Trinajstić information content (AvgIpc) is 3.54. The molecule has 3 aromatic rings. The number of halogens is 4. The molecule has 41 heavy (non-hydrogen) atoms. The Morgan fingerprint density at radius 1 is 1.10 bits per heavy atom. The van der Waals surface area contributed by atoms with Gasteiger partial charge in [-0.05, 0) is 23.8 Å². The van der Waals surface area contributed by atoms with Crippen LogP contribution in [0.15, 0.2) is 47.4 Å². The maximum Gasteiger partial charge on any atom is 0.316 e. The molecule has 0 radical (unpaired) electrons. The highest BCUT2D eigenvalue weighted by molar-refractivity contribution is 7.88. The lowest BCUT2D eigenvalue weighted by atomic mass is 10.2. The molecule has 2 fully saturated rings. The minimum Gasteiger partial charge on any atom is -0.495 e. The first kappa shape index (κ1) is 28.7. The van der Waals surface area contributed by atoms with Crippen LogP contribution in [0.3, 0.4) is 0 Å². The van der Waals surface area contributed by atoms with Crippen LogP contribution >= 0.6 is 0 Å². The molecule has 5 rings (SSSR count). The van der Waals surface area contributed by atoms with Gasteiger partial charge >= 0.3 is 5.56 Å². The number of hydrogen-bond donors (Lipinski definition) is 1. The fourth-order valence-electron chi connectivity index (χ4n) is 4.66. The zero-order valence-corrected chi connectivity index (χ0v) is 22.7. The van der Waals surface area contributed by atoms with Crippen LogP contribution in [-0.2, 0) is 15.8 Å². The van der Waals surface area contributed by atoms with Crippen molar-refractivity contribution >= 4 is 21.4 Å². The summed E-state index contributed by atoms with van der Waals surface area (Å²) in [6, 6.07) is 7.30. The van der Waals surface area contributed by atoms with E-state index in [0.29, 0.717) is 17.4 Å². The van der Waals surface area contributed by atoms with Crippen molar-refractivity contribution in [2.45, 2.75) is 18.1 Å². The van der Waals surface area contributed by atoms with Gasteiger partial charge in [0.2, 0.25) is 15.8 Å². The number of alkyl halides is 2. The molecule has 1 unspecified atom stereocenters. The molecule has 220 valence electrons. The molecule has 2 aromatic carbocycles. The Kier molecular flexibility index (Phi) is 7.59. The summed E-state index contributed by atoms with van der Waals surface area (Å²) in [6.07, 6.45) is 0.844. The number of sulfonamides is 1. The number of anilines is 2. The summed E-state index contributed by atoms with van der Waals surface area (Å²) in [5.74, 6) is -6.16.